The van der Waals surface area contributed by atoms with Gasteiger partial charge in [0.1, 0.15) is 11.6 Å². The summed E-state index contributed by atoms with van der Waals surface area (Å²) in [5.74, 6) is -0.476. The van der Waals surface area contributed by atoms with Gasteiger partial charge < -0.3 is 15.8 Å². The minimum Gasteiger partial charge on any atom is -0.496 e. The van der Waals surface area contributed by atoms with Crippen LogP contribution in [0.25, 0.3) is 0 Å². The van der Waals surface area contributed by atoms with Gasteiger partial charge in [0.15, 0.2) is 0 Å². The highest BCUT2D eigenvalue weighted by molar-refractivity contribution is 6.05. The molecule has 0 unspecified atom stereocenters. The highest BCUT2D eigenvalue weighted by Crippen LogP contribution is 2.29. The van der Waals surface area contributed by atoms with E-state index in [1.54, 1.807) is 13.2 Å². The van der Waals surface area contributed by atoms with Crippen molar-refractivity contribution in [2.75, 3.05) is 18.2 Å². The maximum Gasteiger partial charge on any atom is 0.258 e. The van der Waals surface area contributed by atoms with E-state index in [0.29, 0.717) is 11.4 Å². The number of carbonyl (C=O) groups excluding carboxylic acids is 1. The molecule has 0 aromatic heterocycles. The molecule has 0 saturated heterocycles. The average Bonchev–Trinajstić information content (AvgIpc) is 2.42. The van der Waals surface area contributed by atoms with Gasteiger partial charge in [-0.05, 0) is 43.7 Å². The molecule has 3 N–H and O–H groups in total. The summed E-state index contributed by atoms with van der Waals surface area (Å²) in [6.07, 6.45) is 0. The van der Waals surface area contributed by atoms with Crippen molar-refractivity contribution in [3.8, 4) is 5.75 Å². The van der Waals surface area contributed by atoms with E-state index < -0.39 is 11.7 Å². The standard InChI is InChI=1S/C16H17FN2O2/c1-9-4-7-14(10(2)15(9)21-3)19-16(20)12-6-5-11(18)8-13(12)17/h4-8H,18H2,1-3H3,(H,19,20). The zero-order valence-electron chi connectivity index (χ0n) is 12.2. The van der Waals surface area contributed by atoms with E-state index in [1.165, 1.54) is 12.1 Å². The van der Waals surface area contributed by atoms with E-state index in [0.717, 1.165) is 17.2 Å². The Morgan fingerprint density at radius 2 is 1.95 bits per heavy atom. The topological polar surface area (TPSA) is 64.3 Å². The molecule has 2 aromatic rings. The van der Waals surface area contributed by atoms with Gasteiger partial charge in [0.05, 0.1) is 12.7 Å². The highest BCUT2D eigenvalue weighted by atomic mass is 19.1. The number of nitrogen functional groups attached to an aromatic ring is 1. The molecule has 4 nitrogen and oxygen atoms in total. The van der Waals surface area contributed by atoms with Gasteiger partial charge in [0, 0.05) is 16.9 Å². The first-order valence-electron chi connectivity index (χ1n) is 6.44. The van der Waals surface area contributed by atoms with E-state index in [-0.39, 0.29) is 11.3 Å². The Balaban J connectivity index is 2.32. The summed E-state index contributed by atoms with van der Waals surface area (Å²) in [5, 5.41) is 2.69. The van der Waals surface area contributed by atoms with Crippen molar-refractivity contribution >= 4 is 17.3 Å². The summed E-state index contributed by atoms with van der Waals surface area (Å²) in [6, 6.07) is 7.57. The Hall–Kier alpha value is -2.56. The van der Waals surface area contributed by atoms with Crippen LogP contribution in [0, 0.1) is 19.7 Å². The lowest BCUT2D eigenvalue weighted by Crippen LogP contribution is -2.15. The lowest BCUT2D eigenvalue weighted by atomic mass is 10.1. The van der Waals surface area contributed by atoms with Crippen LogP contribution in [0.4, 0.5) is 15.8 Å². The van der Waals surface area contributed by atoms with Gasteiger partial charge in [-0.3, -0.25) is 4.79 Å². The Kier molecular flexibility index (Phi) is 4.12. The fourth-order valence-corrected chi connectivity index (χ4v) is 2.18. The van der Waals surface area contributed by atoms with Gasteiger partial charge in [0.25, 0.3) is 5.91 Å². The second kappa shape index (κ2) is 5.83. The molecule has 110 valence electrons. The number of nitrogens with two attached hydrogens (primary N) is 1. The second-order valence-electron chi connectivity index (χ2n) is 4.78. The number of benzene rings is 2. The van der Waals surface area contributed by atoms with Crippen molar-refractivity contribution in [3.63, 3.8) is 0 Å². The maximum atomic E-state index is 13.7. The van der Waals surface area contributed by atoms with Crippen LogP contribution >= 0.6 is 0 Å². The molecule has 0 atom stereocenters. The van der Waals surface area contributed by atoms with E-state index in [2.05, 4.69) is 5.32 Å². The lowest BCUT2D eigenvalue weighted by Gasteiger charge is -2.14. The quantitative estimate of drug-likeness (QED) is 0.852. The van der Waals surface area contributed by atoms with Crippen LogP contribution in [0.3, 0.4) is 0 Å². The highest BCUT2D eigenvalue weighted by Gasteiger charge is 2.15. The van der Waals surface area contributed by atoms with Crippen LogP contribution in [0.1, 0.15) is 21.5 Å². The molecule has 0 fully saturated rings. The summed E-state index contributed by atoms with van der Waals surface area (Å²) in [4.78, 5) is 12.2. The number of ether oxygens (including phenoxy) is 1. The number of hydrogen-bond donors (Lipinski definition) is 2. The molecule has 21 heavy (non-hydrogen) atoms. The third kappa shape index (κ3) is 2.97. The van der Waals surface area contributed by atoms with E-state index >= 15 is 0 Å². The molecule has 0 heterocycles. The summed E-state index contributed by atoms with van der Waals surface area (Å²) >= 11 is 0. The number of halogens is 1. The number of aryl methyl sites for hydroxylation is 1. The molecular formula is C16H17FN2O2. The molecular weight excluding hydrogens is 271 g/mol. The zero-order chi connectivity index (χ0) is 15.6. The van der Waals surface area contributed by atoms with Gasteiger partial charge >= 0.3 is 0 Å². The zero-order valence-corrected chi connectivity index (χ0v) is 12.2. The third-order valence-corrected chi connectivity index (χ3v) is 3.29. The fourth-order valence-electron chi connectivity index (χ4n) is 2.18. The number of amides is 1. The van der Waals surface area contributed by atoms with Crippen molar-refractivity contribution in [3.05, 3.63) is 52.8 Å². The molecule has 2 aromatic carbocycles. The van der Waals surface area contributed by atoms with Crippen molar-refractivity contribution in [1.29, 1.82) is 0 Å². The predicted molar refractivity (Wildman–Crippen MR) is 81.2 cm³/mol. The number of methoxy groups -OCH3 is 1. The van der Waals surface area contributed by atoms with Gasteiger partial charge in [-0.2, -0.15) is 0 Å². The molecule has 0 aliphatic rings. The number of rotatable bonds is 3. The van der Waals surface area contributed by atoms with Gasteiger partial charge in [0.2, 0.25) is 0 Å². The average molecular weight is 288 g/mol. The summed E-state index contributed by atoms with van der Waals surface area (Å²) < 4.78 is 19.0. The predicted octanol–water partition coefficient (Wildman–Crippen LogP) is 3.29. The smallest absolute Gasteiger partial charge is 0.258 e. The summed E-state index contributed by atoms with van der Waals surface area (Å²) in [7, 11) is 1.57. The van der Waals surface area contributed by atoms with Crippen LogP contribution in [0.5, 0.6) is 5.75 Å². The first-order valence-corrected chi connectivity index (χ1v) is 6.44. The molecule has 1 amide bonds. The Morgan fingerprint density at radius 3 is 2.57 bits per heavy atom. The van der Waals surface area contributed by atoms with E-state index in [1.807, 2.05) is 19.9 Å². The molecule has 5 heteroatoms. The lowest BCUT2D eigenvalue weighted by molar-refractivity contribution is 0.102. The molecule has 0 aliphatic carbocycles. The molecule has 0 saturated carbocycles. The van der Waals surface area contributed by atoms with Gasteiger partial charge in [-0.1, -0.05) is 6.07 Å². The van der Waals surface area contributed by atoms with Gasteiger partial charge in [-0.25, -0.2) is 4.39 Å². The normalized spacial score (nSPS) is 10.3. The molecule has 0 spiro atoms. The van der Waals surface area contributed by atoms with Crippen molar-refractivity contribution < 1.29 is 13.9 Å². The SMILES string of the molecule is COc1c(C)ccc(NC(=O)c2ccc(N)cc2F)c1C. The maximum absolute atomic E-state index is 13.7. The van der Waals surface area contributed by atoms with Crippen LogP contribution in [-0.4, -0.2) is 13.0 Å². The Bertz CT molecular complexity index is 699. The third-order valence-electron chi connectivity index (χ3n) is 3.29. The number of anilines is 2. The van der Waals surface area contributed by atoms with Crippen molar-refractivity contribution in [2.45, 2.75) is 13.8 Å². The van der Waals surface area contributed by atoms with Crippen LogP contribution in [0.15, 0.2) is 30.3 Å². The van der Waals surface area contributed by atoms with Crippen molar-refractivity contribution in [1.82, 2.24) is 0 Å². The van der Waals surface area contributed by atoms with E-state index in [4.69, 9.17) is 10.5 Å². The first kappa shape index (κ1) is 14.8. The summed E-state index contributed by atoms with van der Waals surface area (Å²) in [5.41, 5.74) is 8.03. The Morgan fingerprint density at radius 1 is 1.24 bits per heavy atom. The second-order valence-corrected chi connectivity index (χ2v) is 4.78. The minimum absolute atomic E-state index is 0.0526. The minimum atomic E-state index is -0.649. The van der Waals surface area contributed by atoms with Crippen molar-refractivity contribution in [2.24, 2.45) is 0 Å². The van der Waals surface area contributed by atoms with Crippen LogP contribution < -0.4 is 15.8 Å². The van der Waals surface area contributed by atoms with Crippen LogP contribution in [0.2, 0.25) is 0 Å². The van der Waals surface area contributed by atoms with E-state index in [9.17, 15) is 9.18 Å². The number of hydrogen-bond acceptors (Lipinski definition) is 3. The molecule has 2 rings (SSSR count). The number of carbonyl (C=O) groups is 1. The monoisotopic (exact) mass is 288 g/mol. The fraction of sp³-hybridized carbons (Fsp3) is 0.188. The largest absolute Gasteiger partial charge is 0.496 e. The molecule has 0 bridgehead atoms. The molecule has 0 aliphatic heterocycles. The first-order chi connectivity index (χ1) is 9.93. The van der Waals surface area contributed by atoms with Crippen LogP contribution in [-0.2, 0) is 0 Å². The van der Waals surface area contributed by atoms with Gasteiger partial charge in [-0.15, -0.1) is 0 Å². The number of nitrogens with one attached hydrogen (secondary N) is 1. The summed E-state index contributed by atoms with van der Waals surface area (Å²) in [6.45, 7) is 3.75. The molecule has 0 radical (unpaired) electrons. The Labute approximate surface area is 122 Å².